The predicted molar refractivity (Wildman–Crippen MR) is 97.4 cm³/mol. The number of halogens is 1. The van der Waals surface area contributed by atoms with Crippen LogP contribution in [-0.2, 0) is 19.4 Å². The Morgan fingerprint density at radius 3 is 2.14 bits per heavy atom. The van der Waals surface area contributed by atoms with E-state index in [-0.39, 0.29) is 36.8 Å². The highest BCUT2D eigenvalue weighted by molar-refractivity contribution is 7.91. The number of ether oxygens (including phenoxy) is 2. The Balaban J connectivity index is 1.77. The second kappa shape index (κ2) is 8.26. The highest BCUT2D eigenvalue weighted by Gasteiger charge is 2.44. The number of rotatable bonds is 6. The molecule has 150 valence electrons. The maximum Gasteiger partial charge on any atom is 0.250 e. The minimum absolute atomic E-state index is 0.0376. The smallest absolute Gasteiger partial charge is 0.250 e. The van der Waals surface area contributed by atoms with Gasteiger partial charge in [0.2, 0.25) is 0 Å². The summed E-state index contributed by atoms with van der Waals surface area (Å²) in [5, 5.41) is 9.04. The van der Waals surface area contributed by atoms with Crippen LogP contribution in [0.15, 0.2) is 53.4 Å². The van der Waals surface area contributed by atoms with Crippen molar-refractivity contribution < 1.29 is 32.3 Å². The van der Waals surface area contributed by atoms with Crippen molar-refractivity contribution in [2.75, 3.05) is 19.0 Å². The third kappa shape index (κ3) is 4.49. The van der Waals surface area contributed by atoms with Crippen LogP contribution in [0.1, 0.15) is 12.8 Å². The number of nitrogens with one attached hydrogen (secondary N) is 1. The molecular formula is C19H20FNO6S. The first kappa shape index (κ1) is 20.2. The number of carbonyl (C=O) groups excluding carboxylic acids is 1. The van der Waals surface area contributed by atoms with Gasteiger partial charge in [0.25, 0.3) is 5.91 Å². The number of hydrogen-bond donors (Lipinski definition) is 2. The van der Waals surface area contributed by atoms with Crippen molar-refractivity contribution in [2.24, 2.45) is 5.41 Å². The van der Waals surface area contributed by atoms with E-state index >= 15 is 0 Å². The topological polar surface area (TPSA) is 102 Å². The van der Waals surface area contributed by atoms with Crippen molar-refractivity contribution in [1.29, 1.82) is 0 Å². The molecule has 0 unspecified atom stereocenters. The van der Waals surface area contributed by atoms with Crippen molar-refractivity contribution in [3.05, 3.63) is 54.3 Å². The van der Waals surface area contributed by atoms with Crippen LogP contribution in [-0.4, -0.2) is 38.5 Å². The summed E-state index contributed by atoms with van der Waals surface area (Å²) in [6.07, 6.45) is 0.398. The van der Waals surface area contributed by atoms with Crippen LogP contribution in [0.2, 0.25) is 0 Å². The van der Waals surface area contributed by atoms with Gasteiger partial charge in [-0.2, -0.15) is 0 Å². The highest BCUT2D eigenvalue weighted by atomic mass is 32.2. The molecule has 9 heteroatoms. The second-order valence-electron chi connectivity index (χ2n) is 6.62. The molecule has 2 aromatic rings. The molecule has 2 aromatic carbocycles. The van der Waals surface area contributed by atoms with Gasteiger partial charge < -0.3 is 9.47 Å². The summed E-state index contributed by atoms with van der Waals surface area (Å²) < 4.78 is 49.4. The lowest BCUT2D eigenvalue weighted by Crippen LogP contribution is -2.47. The molecule has 7 nitrogen and oxygen atoms in total. The average Bonchev–Trinajstić information content (AvgIpc) is 2.70. The molecular weight excluding hydrogens is 389 g/mol. The van der Waals surface area contributed by atoms with E-state index in [1.165, 1.54) is 48.5 Å². The largest absolute Gasteiger partial charge is 0.457 e. The monoisotopic (exact) mass is 409 g/mol. The predicted octanol–water partition coefficient (Wildman–Crippen LogP) is 2.69. The zero-order valence-corrected chi connectivity index (χ0v) is 15.7. The van der Waals surface area contributed by atoms with E-state index in [1.807, 2.05) is 0 Å². The van der Waals surface area contributed by atoms with Gasteiger partial charge in [-0.3, -0.25) is 10.0 Å². The Labute approximate surface area is 162 Å². The van der Waals surface area contributed by atoms with Gasteiger partial charge >= 0.3 is 0 Å². The Morgan fingerprint density at radius 1 is 1.07 bits per heavy atom. The first-order chi connectivity index (χ1) is 13.3. The molecule has 0 bridgehead atoms. The van der Waals surface area contributed by atoms with E-state index in [0.717, 1.165) is 0 Å². The fourth-order valence-corrected chi connectivity index (χ4v) is 4.98. The summed E-state index contributed by atoms with van der Waals surface area (Å²) in [7, 11) is -3.80. The molecule has 1 heterocycles. The van der Waals surface area contributed by atoms with Crippen LogP contribution in [0.5, 0.6) is 11.5 Å². The zero-order chi connectivity index (χ0) is 20.2. The number of carbonyl (C=O) groups is 1. The third-order valence-corrected chi connectivity index (χ3v) is 6.65. The fourth-order valence-electron chi connectivity index (χ4n) is 3.12. The van der Waals surface area contributed by atoms with Crippen LogP contribution >= 0.6 is 0 Å². The number of hydrogen-bond acceptors (Lipinski definition) is 6. The molecule has 28 heavy (non-hydrogen) atoms. The van der Waals surface area contributed by atoms with Crippen LogP contribution < -0.4 is 10.2 Å². The third-order valence-electron chi connectivity index (χ3n) is 4.73. The molecule has 0 saturated carbocycles. The van der Waals surface area contributed by atoms with Gasteiger partial charge in [0.15, 0.2) is 9.84 Å². The lowest BCUT2D eigenvalue weighted by Gasteiger charge is -2.34. The van der Waals surface area contributed by atoms with Gasteiger partial charge in [0.1, 0.15) is 17.3 Å². The lowest BCUT2D eigenvalue weighted by molar-refractivity contribution is -0.143. The second-order valence-corrected chi connectivity index (χ2v) is 8.61. The minimum atomic E-state index is -3.80. The molecule has 1 saturated heterocycles. The van der Waals surface area contributed by atoms with Crippen molar-refractivity contribution >= 4 is 15.7 Å². The van der Waals surface area contributed by atoms with E-state index in [4.69, 9.17) is 14.7 Å². The Hall–Kier alpha value is -2.49. The van der Waals surface area contributed by atoms with E-state index in [9.17, 15) is 17.6 Å². The molecule has 0 spiro atoms. The maximum absolute atomic E-state index is 12.9. The zero-order valence-electron chi connectivity index (χ0n) is 14.9. The van der Waals surface area contributed by atoms with Gasteiger partial charge in [-0.15, -0.1) is 0 Å². The Kier molecular flexibility index (Phi) is 5.97. The Morgan fingerprint density at radius 2 is 1.61 bits per heavy atom. The van der Waals surface area contributed by atoms with Gasteiger partial charge in [0, 0.05) is 13.2 Å². The SMILES string of the molecule is O=C(NO)C1(CS(=O)(=O)c2ccc(Oc3ccc(F)cc3)cc2)CCOCC1. The lowest BCUT2D eigenvalue weighted by atomic mass is 9.81. The summed E-state index contributed by atoms with van der Waals surface area (Å²) in [5.74, 6) is -0.746. The maximum atomic E-state index is 12.9. The van der Waals surface area contributed by atoms with Crippen LogP contribution in [0.4, 0.5) is 4.39 Å². The Bertz CT molecular complexity index is 922. The van der Waals surface area contributed by atoms with E-state index in [0.29, 0.717) is 11.5 Å². The molecule has 1 amide bonds. The van der Waals surface area contributed by atoms with Gasteiger partial charge in [-0.1, -0.05) is 0 Å². The highest BCUT2D eigenvalue weighted by Crippen LogP contribution is 2.35. The summed E-state index contributed by atoms with van der Waals surface area (Å²) in [6.45, 7) is 0.487. The number of sulfone groups is 1. The molecule has 2 N–H and O–H groups in total. The van der Waals surface area contributed by atoms with Crippen LogP contribution in [0.3, 0.4) is 0 Å². The normalized spacial score (nSPS) is 16.4. The van der Waals surface area contributed by atoms with Crippen LogP contribution in [0, 0.1) is 11.2 Å². The first-order valence-corrected chi connectivity index (χ1v) is 10.3. The molecule has 0 aromatic heterocycles. The molecule has 3 rings (SSSR count). The summed E-state index contributed by atoms with van der Waals surface area (Å²) in [4.78, 5) is 12.2. The van der Waals surface area contributed by atoms with Crippen molar-refractivity contribution in [1.82, 2.24) is 5.48 Å². The number of benzene rings is 2. The first-order valence-electron chi connectivity index (χ1n) is 8.63. The minimum Gasteiger partial charge on any atom is -0.457 e. The molecule has 0 atom stereocenters. The fraction of sp³-hybridized carbons (Fsp3) is 0.316. The summed E-state index contributed by atoms with van der Waals surface area (Å²) >= 11 is 0. The average molecular weight is 409 g/mol. The molecule has 1 aliphatic rings. The van der Waals surface area contributed by atoms with Crippen molar-refractivity contribution in [3.63, 3.8) is 0 Å². The number of hydroxylamine groups is 1. The van der Waals surface area contributed by atoms with Gasteiger partial charge in [-0.05, 0) is 61.4 Å². The van der Waals surface area contributed by atoms with Crippen molar-refractivity contribution in [3.8, 4) is 11.5 Å². The molecule has 0 radical (unpaired) electrons. The summed E-state index contributed by atoms with van der Waals surface area (Å²) in [6, 6.07) is 11.2. The van der Waals surface area contributed by atoms with Gasteiger partial charge in [0.05, 0.1) is 16.1 Å². The van der Waals surface area contributed by atoms with Crippen LogP contribution in [0.25, 0.3) is 0 Å². The van der Waals surface area contributed by atoms with E-state index in [1.54, 1.807) is 5.48 Å². The van der Waals surface area contributed by atoms with E-state index in [2.05, 4.69) is 0 Å². The quantitative estimate of drug-likeness (QED) is 0.562. The molecule has 1 aliphatic heterocycles. The molecule has 1 fully saturated rings. The van der Waals surface area contributed by atoms with Crippen molar-refractivity contribution in [2.45, 2.75) is 17.7 Å². The standard InChI is InChI=1S/C19H20FNO6S/c20-14-1-3-15(4-2-14)27-16-5-7-17(8-6-16)28(24,25)13-19(18(22)21-23)9-11-26-12-10-19/h1-8,23H,9-13H2,(H,21,22). The summed E-state index contributed by atoms with van der Waals surface area (Å²) in [5.41, 5.74) is 0.343. The molecule has 0 aliphatic carbocycles. The number of amides is 1. The van der Waals surface area contributed by atoms with Gasteiger partial charge in [-0.25, -0.2) is 18.3 Å². The van der Waals surface area contributed by atoms with E-state index < -0.39 is 26.9 Å².